The molecule has 0 radical (unpaired) electrons. The van der Waals surface area contributed by atoms with Crippen molar-refractivity contribution in [2.24, 2.45) is 0 Å². The quantitative estimate of drug-likeness (QED) is 0.720. The Balaban J connectivity index is 1.53. The molecule has 1 aromatic carbocycles. The van der Waals surface area contributed by atoms with Crippen molar-refractivity contribution in [2.45, 2.75) is 32.4 Å². The zero-order valence-corrected chi connectivity index (χ0v) is 14.6. The minimum atomic E-state index is 0.0480. The molecule has 130 valence electrons. The zero-order valence-electron chi connectivity index (χ0n) is 14.6. The van der Waals surface area contributed by atoms with E-state index >= 15 is 0 Å². The predicted molar refractivity (Wildman–Crippen MR) is 98.7 cm³/mol. The third-order valence-electron chi connectivity index (χ3n) is 4.28. The van der Waals surface area contributed by atoms with Gasteiger partial charge in [-0.25, -0.2) is 0 Å². The summed E-state index contributed by atoms with van der Waals surface area (Å²) < 4.78 is 7.43. The monoisotopic (exact) mass is 337 g/mol. The van der Waals surface area contributed by atoms with Gasteiger partial charge in [-0.3, -0.25) is 9.78 Å². The van der Waals surface area contributed by atoms with Crippen LogP contribution >= 0.6 is 0 Å². The van der Waals surface area contributed by atoms with Crippen LogP contribution in [0.15, 0.2) is 55.0 Å². The van der Waals surface area contributed by atoms with E-state index in [9.17, 15) is 4.79 Å². The molecule has 5 heteroatoms. The second kappa shape index (κ2) is 7.83. The van der Waals surface area contributed by atoms with Gasteiger partial charge in [0.05, 0.1) is 18.8 Å². The molecule has 25 heavy (non-hydrogen) atoms. The lowest BCUT2D eigenvalue weighted by atomic mass is 10.1. The number of pyridine rings is 1. The molecule has 0 bridgehead atoms. The number of nitrogens with one attached hydrogen (secondary N) is 1. The van der Waals surface area contributed by atoms with E-state index in [0.717, 1.165) is 28.6 Å². The molecule has 0 spiro atoms. The van der Waals surface area contributed by atoms with Crippen LogP contribution in [0.5, 0.6) is 5.75 Å². The largest absolute Gasteiger partial charge is 0.496 e. The summed E-state index contributed by atoms with van der Waals surface area (Å²) in [5.41, 5.74) is 2.15. The molecule has 1 amide bonds. The molecular formula is C20H23N3O2. The lowest BCUT2D eigenvalue weighted by molar-refractivity contribution is -0.121. The number of hydrogen-bond acceptors (Lipinski definition) is 3. The molecule has 1 atom stereocenters. The van der Waals surface area contributed by atoms with Gasteiger partial charge in [0.15, 0.2) is 0 Å². The number of benzene rings is 1. The summed E-state index contributed by atoms with van der Waals surface area (Å²) in [5, 5.41) is 4.21. The van der Waals surface area contributed by atoms with Crippen LogP contribution in [0, 0.1) is 0 Å². The highest BCUT2D eigenvalue weighted by Crippen LogP contribution is 2.19. The predicted octanol–water partition coefficient (Wildman–Crippen LogP) is 3.18. The first kappa shape index (κ1) is 17.0. The Bertz CT molecular complexity index is 857. The molecule has 0 aliphatic carbocycles. The van der Waals surface area contributed by atoms with Crippen molar-refractivity contribution in [3.63, 3.8) is 0 Å². The van der Waals surface area contributed by atoms with Crippen LogP contribution in [-0.4, -0.2) is 28.6 Å². The maximum absolute atomic E-state index is 12.3. The average molecular weight is 337 g/mol. The summed E-state index contributed by atoms with van der Waals surface area (Å²) in [5.74, 6) is 0.906. The molecule has 3 aromatic rings. The fourth-order valence-electron chi connectivity index (χ4n) is 3.04. The van der Waals surface area contributed by atoms with E-state index in [2.05, 4.69) is 14.9 Å². The average Bonchev–Trinajstić information content (AvgIpc) is 3.03. The van der Waals surface area contributed by atoms with Crippen molar-refractivity contribution >= 4 is 16.8 Å². The Hall–Kier alpha value is -2.82. The Morgan fingerprint density at radius 2 is 2.12 bits per heavy atom. The van der Waals surface area contributed by atoms with Crippen molar-refractivity contribution < 1.29 is 9.53 Å². The molecule has 0 unspecified atom stereocenters. The number of para-hydroxylation sites is 1. The number of hydrogen-bond donors (Lipinski definition) is 1. The molecule has 2 aromatic heterocycles. The number of methoxy groups -OCH3 is 1. The Morgan fingerprint density at radius 3 is 2.96 bits per heavy atom. The van der Waals surface area contributed by atoms with Crippen molar-refractivity contribution in [2.75, 3.05) is 7.11 Å². The minimum absolute atomic E-state index is 0.0480. The third kappa shape index (κ3) is 4.18. The highest BCUT2D eigenvalue weighted by Gasteiger charge is 2.11. The van der Waals surface area contributed by atoms with E-state index in [1.54, 1.807) is 13.3 Å². The summed E-state index contributed by atoms with van der Waals surface area (Å²) in [6.07, 6.45) is 6.79. The highest BCUT2D eigenvalue weighted by molar-refractivity contribution is 5.79. The topological polar surface area (TPSA) is 56.1 Å². The highest BCUT2D eigenvalue weighted by atomic mass is 16.5. The minimum Gasteiger partial charge on any atom is -0.496 e. The van der Waals surface area contributed by atoms with E-state index in [-0.39, 0.29) is 11.9 Å². The Kier molecular flexibility index (Phi) is 5.33. The number of aryl methyl sites for hydroxylation is 1. The summed E-state index contributed by atoms with van der Waals surface area (Å²) in [6, 6.07) is 12.0. The number of carbonyl (C=O) groups is 1. The lowest BCUT2D eigenvalue weighted by Gasteiger charge is -2.16. The van der Waals surface area contributed by atoms with Gasteiger partial charge in [-0.2, -0.15) is 0 Å². The maximum Gasteiger partial charge on any atom is 0.222 e. The second-order valence-electron chi connectivity index (χ2n) is 6.18. The van der Waals surface area contributed by atoms with Gasteiger partial charge in [0.2, 0.25) is 5.91 Å². The number of ether oxygens (including phenoxy) is 1. The van der Waals surface area contributed by atoms with Crippen LogP contribution in [0.25, 0.3) is 10.9 Å². The first-order valence-electron chi connectivity index (χ1n) is 8.47. The normalized spacial score (nSPS) is 12.1. The van der Waals surface area contributed by atoms with E-state index in [1.165, 1.54) is 0 Å². The SMILES string of the molecule is COc1ccccc1C[C@H](C)NC(=O)CCn1ccc2ccncc21. The van der Waals surface area contributed by atoms with Crippen LogP contribution < -0.4 is 10.1 Å². The van der Waals surface area contributed by atoms with Gasteiger partial charge in [-0.15, -0.1) is 0 Å². The Morgan fingerprint density at radius 1 is 1.28 bits per heavy atom. The molecule has 0 saturated heterocycles. The van der Waals surface area contributed by atoms with Crippen LogP contribution in [0.4, 0.5) is 0 Å². The molecular weight excluding hydrogens is 314 g/mol. The smallest absolute Gasteiger partial charge is 0.222 e. The van der Waals surface area contributed by atoms with Crippen molar-refractivity contribution in [3.8, 4) is 5.75 Å². The summed E-state index contributed by atoms with van der Waals surface area (Å²) in [4.78, 5) is 16.4. The van der Waals surface area contributed by atoms with E-state index in [4.69, 9.17) is 4.74 Å². The second-order valence-corrected chi connectivity index (χ2v) is 6.18. The van der Waals surface area contributed by atoms with Gasteiger partial charge in [0.25, 0.3) is 0 Å². The number of nitrogens with zero attached hydrogens (tertiary/aromatic N) is 2. The van der Waals surface area contributed by atoms with Gasteiger partial charge in [-0.05, 0) is 37.1 Å². The first-order chi connectivity index (χ1) is 12.2. The molecule has 0 saturated carbocycles. The van der Waals surface area contributed by atoms with Crippen LogP contribution in [0.1, 0.15) is 18.9 Å². The van der Waals surface area contributed by atoms with Gasteiger partial charge < -0.3 is 14.6 Å². The maximum atomic E-state index is 12.3. The van der Waals surface area contributed by atoms with Gasteiger partial charge >= 0.3 is 0 Å². The van der Waals surface area contributed by atoms with Gasteiger partial charge in [0, 0.05) is 36.8 Å². The van der Waals surface area contributed by atoms with Gasteiger partial charge in [-0.1, -0.05) is 18.2 Å². The number of fused-ring (bicyclic) bond motifs is 1. The number of rotatable bonds is 7. The molecule has 0 aliphatic rings. The zero-order chi connectivity index (χ0) is 17.6. The van der Waals surface area contributed by atoms with Crippen LogP contribution in [0.3, 0.4) is 0 Å². The molecule has 3 rings (SSSR count). The molecule has 5 nitrogen and oxygen atoms in total. The van der Waals surface area contributed by atoms with E-state index in [1.807, 2.05) is 55.7 Å². The van der Waals surface area contributed by atoms with Crippen molar-refractivity contribution in [3.05, 3.63) is 60.6 Å². The molecule has 2 heterocycles. The lowest BCUT2D eigenvalue weighted by Crippen LogP contribution is -2.34. The van der Waals surface area contributed by atoms with Crippen LogP contribution in [-0.2, 0) is 17.8 Å². The standard InChI is InChI=1S/C20H23N3O2/c1-15(13-17-5-3-4-6-19(17)25-2)22-20(24)9-12-23-11-8-16-7-10-21-14-18(16)23/h3-8,10-11,14-15H,9,12-13H2,1-2H3,(H,22,24)/t15-/m0/s1. The molecule has 0 aliphatic heterocycles. The van der Waals surface area contributed by atoms with Crippen LogP contribution in [0.2, 0.25) is 0 Å². The fraction of sp³-hybridized carbons (Fsp3) is 0.300. The summed E-state index contributed by atoms with van der Waals surface area (Å²) in [7, 11) is 1.67. The molecule has 0 fully saturated rings. The van der Waals surface area contributed by atoms with E-state index in [0.29, 0.717) is 13.0 Å². The summed E-state index contributed by atoms with van der Waals surface area (Å²) in [6.45, 7) is 2.65. The number of amides is 1. The third-order valence-corrected chi connectivity index (χ3v) is 4.28. The first-order valence-corrected chi connectivity index (χ1v) is 8.47. The number of aromatic nitrogens is 2. The van der Waals surface area contributed by atoms with Crippen molar-refractivity contribution in [1.82, 2.24) is 14.9 Å². The Labute approximate surface area is 147 Å². The van der Waals surface area contributed by atoms with Gasteiger partial charge in [0.1, 0.15) is 5.75 Å². The summed E-state index contributed by atoms with van der Waals surface area (Å²) >= 11 is 0. The van der Waals surface area contributed by atoms with E-state index < -0.39 is 0 Å². The number of carbonyl (C=O) groups excluding carboxylic acids is 1. The van der Waals surface area contributed by atoms with Crippen molar-refractivity contribution in [1.29, 1.82) is 0 Å². The fourth-order valence-corrected chi connectivity index (χ4v) is 3.04. The molecule has 1 N–H and O–H groups in total.